The van der Waals surface area contributed by atoms with Crippen molar-refractivity contribution in [2.45, 2.75) is 6.42 Å². The molecule has 1 aromatic heterocycles. The van der Waals surface area contributed by atoms with Gasteiger partial charge in [-0.3, -0.25) is 14.1 Å². The van der Waals surface area contributed by atoms with Crippen molar-refractivity contribution in [2.24, 2.45) is 0 Å². The Kier molecular flexibility index (Phi) is 4.75. The van der Waals surface area contributed by atoms with Crippen LogP contribution in [0.2, 0.25) is 0 Å². The molecule has 0 atom stereocenters. The van der Waals surface area contributed by atoms with E-state index in [1.165, 1.54) is 11.5 Å². The highest BCUT2D eigenvalue weighted by molar-refractivity contribution is 7.10. The molecular formula is C11H16N4O2S. The maximum absolute atomic E-state index is 11.2. The van der Waals surface area contributed by atoms with E-state index in [1.807, 2.05) is 0 Å². The summed E-state index contributed by atoms with van der Waals surface area (Å²) in [7, 11) is 0. The lowest BCUT2D eigenvalue weighted by Crippen LogP contribution is -2.37. The van der Waals surface area contributed by atoms with E-state index < -0.39 is 0 Å². The Bertz CT molecular complexity index is 470. The van der Waals surface area contributed by atoms with Crippen LogP contribution in [0.25, 0.3) is 4.85 Å². The van der Waals surface area contributed by atoms with Crippen molar-refractivity contribution >= 4 is 22.2 Å². The Morgan fingerprint density at radius 3 is 3.00 bits per heavy atom. The molecule has 2 heterocycles. The third-order valence-corrected chi connectivity index (χ3v) is 3.66. The van der Waals surface area contributed by atoms with E-state index in [0.717, 1.165) is 45.8 Å². The summed E-state index contributed by atoms with van der Waals surface area (Å²) in [5.74, 6) is 0. The zero-order valence-corrected chi connectivity index (χ0v) is 10.9. The minimum atomic E-state index is -0.300. The van der Waals surface area contributed by atoms with Crippen LogP contribution in [0.1, 0.15) is 6.42 Å². The molecule has 1 aromatic rings. The maximum atomic E-state index is 11.2. The van der Waals surface area contributed by atoms with Gasteiger partial charge in [-0.2, -0.15) is 0 Å². The van der Waals surface area contributed by atoms with Crippen LogP contribution in [0.5, 0.6) is 0 Å². The zero-order chi connectivity index (χ0) is 12.8. The average molecular weight is 268 g/mol. The molecule has 0 aromatic carbocycles. The second kappa shape index (κ2) is 6.54. The van der Waals surface area contributed by atoms with Gasteiger partial charge in [0.25, 0.3) is 11.2 Å². The average Bonchev–Trinajstić information content (AvgIpc) is 2.76. The smallest absolute Gasteiger partial charge is 0.284 e. The summed E-state index contributed by atoms with van der Waals surface area (Å²) in [5, 5.41) is 3.79. The molecule has 6 nitrogen and oxygen atoms in total. The van der Waals surface area contributed by atoms with Crippen LogP contribution < -0.4 is 10.9 Å². The molecule has 1 aliphatic heterocycles. The molecule has 0 amide bonds. The number of aromatic amines is 1. The van der Waals surface area contributed by atoms with Gasteiger partial charge in [0, 0.05) is 19.6 Å². The SMILES string of the molecule is [C-]#[N+]c1c(NCCCN2CCOCC2)s[nH]c1=O. The topological polar surface area (TPSA) is 61.7 Å². The number of rotatable bonds is 5. The molecule has 0 radical (unpaired) electrons. The first-order valence-corrected chi connectivity index (χ1v) is 6.76. The summed E-state index contributed by atoms with van der Waals surface area (Å²) in [4.78, 5) is 16.8. The summed E-state index contributed by atoms with van der Waals surface area (Å²) >= 11 is 1.19. The van der Waals surface area contributed by atoms with Crippen molar-refractivity contribution in [3.8, 4) is 0 Å². The fourth-order valence-corrected chi connectivity index (χ4v) is 2.55. The standard InChI is InChI=1S/C11H16N4O2S/c1-12-9-10(16)14-18-11(9)13-3-2-4-15-5-7-17-8-6-15/h13H,2-8H2,(H,14,16). The van der Waals surface area contributed by atoms with Gasteiger partial charge in [-0.05, 0) is 13.0 Å². The van der Waals surface area contributed by atoms with Crippen LogP contribution in [0.15, 0.2) is 4.79 Å². The number of hydrogen-bond donors (Lipinski definition) is 2. The van der Waals surface area contributed by atoms with Crippen LogP contribution in [0.3, 0.4) is 0 Å². The molecule has 0 aliphatic carbocycles. The van der Waals surface area contributed by atoms with E-state index in [0.29, 0.717) is 5.00 Å². The van der Waals surface area contributed by atoms with E-state index in [2.05, 4.69) is 19.4 Å². The first-order chi connectivity index (χ1) is 8.81. The summed E-state index contributed by atoms with van der Waals surface area (Å²) in [6.07, 6.45) is 0.990. The van der Waals surface area contributed by atoms with E-state index in [-0.39, 0.29) is 11.2 Å². The second-order valence-corrected chi connectivity index (χ2v) is 4.87. The van der Waals surface area contributed by atoms with Gasteiger partial charge < -0.3 is 10.1 Å². The largest absolute Gasteiger partial charge is 0.384 e. The number of ether oxygens (including phenoxy) is 1. The third kappa shape index (κ3) is 3.32. The van der Waals surface area contributed by atoms with Crippen LogP contribution in [-0.2, 0) is 4.74 Å². The highest BCUT2D eigenvalue weighted by atomic mass is 32.1. The van der Waals surface area contributed by atoms with Gasteiger partial charge in [-0.15, -0.1) is 0 Å². The molecule has 1 fully saturated rings. The van der Waals surface area contributed by atoms with Gasteiger partial charge >= 0.3 is 0 Å². The third-order valence-electron chi connectivity index (χ3n) is 2.83. The van der Waals surface area contributed by atoms with Crippen LogP contribution in [0, 0.1) is 6.57 Å². The summed E-state index contributed by atoms with van der Waals surface area (Å²) in [5.41, 5.74) is -0.128. The van der Waals surface area contributed by atoms with E-state index >= 15 is 0 Å². The van der Waals surface area contributed by atoms with Crippen LogP contribution in [0.4, 0.5) is 10.7 Å². The Morgan fingerprint density at radius 2 is 2.28 bits per heavy atom. The molecule has 0 unspecified atom stereocenters. The number of nitrogens with one attached hydrogen (secondary N) is 2. The molecule has 1 saturated heterocycles. The first-order valence-electron chi connectivity index (χ1n) is 5.94. The molecule has 2 rings (SSSR count). The molecule has 1 aliphatic rings. The summed E-state index contributed by atoms with van der Waals surface area (Å²) in [6.45, 7) is 12.3. The minimum absolute atomic E-state index is 0.173. The Labute approximate surface area is 110 Å². The molecule has 18 heavy (non-hydrogen) atoms. The first kappa shape index (κ1) is 13.1. The van der Waals surface area contributed by atoms with E-state index in [1.54, 1.807) is 0 Å². The van der Waals surface area contributed by atoms with Crippen molar-refractivity contribution in [3.63, 3.8) is 0 Å². The van der Waals surface area contributed by atoms with Crippen molar-refractivity contribution in [2.75, 3.05) is 44.7 Å². The van der Waals surface area contributed by atoms with Gasteiger partial charge in [0.1, 0.15) is 5.00 Å². The van der Waals surface area contributed by atoms with E-state index in [9.17, 15) is 4.79 Å². The molecule has 98 valence electrons. The normalized spacial score (nSPS) is 16.4. The summed E-state index contributed by atoms with van der Waals surface area (Å²) in [6, 6.07) is 0. The lowest BCUT2D eigenvalue weighted by atomic mass is 10.3. The number of morpholine rings is 1. The van der Waals surface area contributed by atoms with Crippen molar-refractivity contribution < 1.29 is 4.74 Å². The molecular weight excluding hydrogens is 252 g/mol. The van der Waals surface area contributed by atoms with E-state index in [4.69, 9.17) is 11.3 Å². The Morgan fingerprint density at radius 1 is 1.50 bits per heavy atom. The fourth-order valence-electron chi connectivity index (χ4n) is 1.85. The van der Waals surface area contributed by atoms with Crippen LogP contribution >= 0.6 is 11.5 Å². The molecule has 2 N–H and O–H groups in total. The van der Waals surface area contributed by atoms with Crippen molar-refractivity contribution in [1.82, 2.24) is 9.27 Å². The zero-order valence-electron chi connectivity index (χ0n) is 10.1. The maximum Gasteiger partial charge on any atom is 0.284 e. The minimum Gasteiger partial charge on any atom is -0.384 e. The van der Waals surface area contributed by atoms with Crippen molar-refractivity contribution in [3.05, 3.63) is 21.8 Å². The number of H-pyrrole nitrogens is 1. The highest BCUT2D eigenvalue weighted by Crippen LogP contribution is 2.23. The van der Waals surface area contributed by atoms with Crippen LogP contribution in [-0.4, -0.2) is 48.7 Å². The van der Waals surface area contributed by atoms with Crippen molar-refractivity contribution in [1.29, 1.82) is 0 Å². The van der Waals surface area contributed by atoms with Gasteiger partial charge in [0.2, 0.25) is 0 Å². The number of aromatic nitrogens is 1. The van der Waals surface area contributed by atoms with Gasteiger partial charge in [-0.1, -0.05) is 11.5 Å². The molecule has 7 heteroatoms. The quantitative estimate of drug-likeness (QED) is 0.620. The predicted molar refractivity (Wildman–Crippen MR) is 71.6 cm³/mol. The van der Waals surface area contributed by atoms with Gasteiger partial charge in [0.05, 0.1) is 19.8 Å². The second-order valence-electron chi connectivity index (χ2n) is 4.06. The Hall–Kier alpha value is -1.36. The molecule has 0 spiro atoms. The molecule has 0 saturated carbocycles. The molecule has 0 bridgehead atoms. The number of nitrogens with zero attached hydrogens (tertiary/aromatic N) is 2. The number of hydrogen-bond acceptors (Lipinski definition) is 5. The summed E-state index contributed by atoms with van der Waals surface area (Å²) < 4.78 is 7.84. The Balaban J connectivity index is 1.72. The lowest BCUT2D eigenvalue weighted by molar-refractivity contribution is 0.0378. The fraction of sp³-hybridized carbons (Fsp3) is 0.636. The van der Waals surface area contributed by atoms with Gasteiger partial charge in [-0.25, -0.2) is 4.85 Å². The highest BCUT2D eigenvalue weighted by Gasteiger charge is 2.11. The number of anilines is 1. The monoisotopic (exact) mass is 268 g/mol. The predicted octanol–water partition coefficient (Wildman–Crippen LogP) is 1.12. The van der Waals surface area contributed by atoms with Gasteiger partial charge in [0.15, 0.2) is 0 Å². The lowest BCUT2D eigenvalue weighted by Gasteiger charge is -2.26.